The number of carbonyl (C=O) groups is 1. The molecule has 1 N–H and O–H groups in total. The van der Waals surface area contributed by atoms with Gasteiger partial charge in [0, 0.05) is 6.42 Å². The number of ketones is 1. The molecule has 1 unspecified atom stereocenters. The van der Waals surface area contributed by atoms with Crippen LogP contribution >= 0.6 is 0 Å². The number of Topliss-reactive ketones (excluding diaryl/α,β-unsaturated/α-hetero) is 1. The molecule has 16 heavy (non-hydrogen) atoms. The molecule has 0 aromatic heterocycles. The highest BCUT2D eigenvalue weighted by Gasteiger charge is 2.20. The van der Waals surface area contributed by atoms with Gasteiger partial charge in [-0.1, -0.05) is 18.6 Å². The summed E-state index contributed by atoms with van der Waals surface area (Å²) in [6, 6.07) is 6.24. The third-order valence-electron chi connectivity index (χ3n) is 2.97. The Morgan fingerprint density at radius 3 is 3.00 bits per heavy atom. The SMILES string of the molecule is O=C(Cc1cccc(F)c1)C1CCCCN1. The Hall–Kier alpha value is -1.22. The van der Waals surface area contributed by atoms with E-state index in [0.717, 1.165) is 31.4 Å². The number of carbonyl (C=O) groups excluding carboxylic acids is 1. The van der Waals surface area contributed by atoms with Crippen molar-refractivity contribution in [1.82, 2.24) is 5.32 Å². The van der Waals surface area contributed by atoms with Crippen molar-refractivity contribution in [3.63, 3.8) is 0 Å². The number of hydrogen-bond acceptors (Lipinski definition) is 2. The maximum Gasteiger partial charge on any atom is 0.154 e. The van der Waals surface area contributed by atoms with Crippen molar-refractivity contribution >= 4 is 5.78 Å². The predicted octanol–water partition coefficient (Wildman–Crippen LogP) is 2.08. The van der Waals surface area contributed by atoms with Gasteiger partial charge in [0.15, 0.2) is 5.78 Å². The van der Waals surface area contributed by atoms with Crippen LogP contribution in [0.2, 0.25) is 0 Å². The van der Waals surface area contributed by atoms with Gasteiger partial charge >= 0.3 is 0 Å². The number of nitrogens with one attached hydrogen (secondary N) is 1. The van der Waals surface area contributed by atoms with E-state index in [1.54, 1.807) is 12.1 Å². The van der Waals surface area contributed by atoms with Crippen LogP contribution in [0.3, 0.4) is 0 Å². The summed E-state index contributed by atoms with van der Waals surface area (Å²) in [7, 11) is 0. The first kappa shape index (κ1) is 11.3. The van der Waals surface area contributed by atoms with Crippen LogP contribution in [0.4, 0.5) is 4.39 Å². The van der Waals surface area contributed by atoms with Crippen molar-refractivity contribution in [3.05, 3.63) is 35.6 Å². The predicted molar refractivity (Wildman–Crippen MR) is 60.8 cm³/mol. The molecule has 1 saturated heterocycles. The van der Waals surface area contributed by atoms with Crippen molar-refractivity contribution in [2.45, 2.75) is 31.7 Å². The molecule has 1 heterocycles. The van der Waals surface area contributed by atoms with Gasteiger partial charge in [0.1, 0.15) is 5.82 Å². The van der Waals surface area contributed by atoms with Crippen LogP contribution in [0.1, 0.15) is 24.8 Å². The molecular weight excluding hydrogens is 205 g/mol. The van der Waals surface area contributed by atoms with Gasteiger partial charge in [-0.25, -0.2) is 4.39 Å². The normalized spacial score (nSPS) is 20.7. The second-order valence-electron chi connectivity index (χ2n) is 4.28. The van der Waals surface area contributed by atoms with Gasteiger partial charge < -0.3 is 5.32 Å². The Bertz CT molecular complexity index is 372. The van der Waals surface area contributed by atoms with E-state index >= 15 is 0 Å². The van der Waals surface area contributed by atoms with E-state index in [4.69, 9.17) is 0 Å². The molecule has 86 valence electrons. The summed E-state index contributed by atoms with van der Waals surface area (Å²) in [6.45, 7) is 0.916. The summed E-state index contributed by atoms with van der Waals surface area (Å²) in [6.07, 6.45) is 3.49. The first-order valence-corrected chi connectivity index (χ1v) is 5.76. The van der Waals surface area contributed by atoms with E-state index < -0.39 is 0 Å². The van der Waals surface area contributed by atoms with Gasteiger partial charge in [0.25, 0.3) is 0 Å². The largest absolute Gasteiger partial charge is 0.307 e. The van der Waals surface area contributed by atoms with Crippen LogP contribution in [0.15, 0.2) is 24.3 Å². The average Bonchev–Trinajstić information content (AvgIpc) is 2.30. The summed E-state index contributed by atoms with van der Waals surface area (Å²) in [5, 5.41) is 3.21. The minimum Gasteiger partial charge on any atom is -0.307 e. The highest BCUT2D eigenvalue weighted by atomic mass is 19.1. The van der Waals surface area contributed by atoms with Crippen LogP contribution in [0.25, 0.3) is 0 Å². The van der Waals surface area contributed by atoms with Gasteiger partial charge in [-0.3, -0.25) is 4.79 Å². The van der Waals surface area contributed by atoms with Crippen molar-refractivity contribution in [2.24, 2.45) is 0 Å². The summed E-state index contributed by atoms with van der Waals surface area (Å²) in [4.78, 5) is 11.9. The molecule has 1 aliphatic rings. The molecule has 1 fully saturated rings. The standard InChI is InChI=1S/C13H16FNO/c14-11-5-3-4-10(8-11)9-13(16)12-6-1-2-7-15-12/h3-5,8,12,15H,1-2,6-7,9H2. The van der Waals surface area contributed by atoms with Crippen molar-refractivity contribution < 1.29 is 9.18 Å². The maximum absolute atomic E-state index is 12.9. The zero-order chi connectivity index (χ0) is 11.4. The topological polar surface area (TPSA) is 29.1 Å². The Balaban J connectivity index is 1.96. The van der Waals surface area contributed by atoms with Crippen LogP contribution in [0.5, 0.6) is 0 Å². The summed E-state index contributed by atoms with van der Waals surface area (Å²) >= 11 is 0. The highest BCUT2D eigenvalue weighted by molar-refractivity contribution is 5.86. The first-order valence-electron chi connectivity index (χ1n) is 5.76. The smallest absolute Gasteiger partial charge is 0.154 e. The average molecular weight is 221 g/mol. The molecule has 1 aromatic carbocycles. The molecule has 1 aromatic rings. The van der Waals surface area contributed by atoms with Gasteiger partial charge in [-0.15, -0.1) is 0 Å². The summed E-state index contributed by atoms with van der Waals surface area (Å²) < 4.78 is 12.9. The molecule has 0 aliphatic carbocycles. The van der Waals surface area contributed by atoms with Crippen LogP contribution in [-0.4, -0.2) is 18.4 Å². The molecule has 0 amide bonds. The second kappa shape index (κ2) is 5.21. The fourth-order valence-electron chi connectivity index (χ4n) is 2.10. The third-order valence-corrected chi connectivity index (χ3v) is 2.97. The minimum atomic E-state index is -0.276. The van der Waals surface area contributed by atoms with Crippen LogP contribution < -0.4 is 5.32 Å². The number of benzene rings is 1. The van der Waals surface area contributed by atoms with Gasteiger partial charge in [-0.2, -0.15) is 0 Å². The molecule has 1 aliphatic heterocycles. The molecule has 1 atom stereocenters. The number of rotatable bonds is 3. The highest BCUT2D eigenvalue weighted by Crippen LogP contribution is 2.11. The lowest BCUT2D eigenvalue weighted by molar-refractivity contribution is -0.120. The number of halogens is 1. The van der Waals surface area contributed by atoms with Crippen molar-refractivity contribution in [3.8, 4) is 0 Å². The lowest BCUT2D eigenvalue weighted by Crippen LogP contribution is -2.41. The van der Waals surface area contributed by atoms with Gasteiger partial charge in [0.05, 0.1) is 6.04 Å². The summed E-state index contributed by atoms with van der Waals surface area (Å²) in [5.41, 5.74) is 0.761. The molecule has 0 bridgehead atoms. The van der Waals surface area contributed by atoms with E-state index in [9.17, 15) is 9.18 Å². The fraction of sp³-hybridized carbons (Fsp3) is 0.462. The molecule has 0 radical (unpaired) electrons. The second-order valence-corrected chi connectivity index (χ2v) is 4.28. The van der Waals surface area contributed by atoms with E-state index in [1.165, 1.54) is 12.1 Å². The Kier molecular flexibility index (Phi) is 3.67. The quantitative estimate of drug-likeness (QED) is 0.846. The molecule has 2 rings (SSSR count). The zero-order valence-electron chi connectivity index (χ0n) is 9.21. The molecule has 3 heteroatoms. The van der Waals surface area contributed by atoms with Gasteiger partial charge in [0.2, 0.25) is 0 Å². The molecule has 2 nitrogen and oxygen atoms in total. The van der Waals surface area contributed by atoms with Crippen LogP contribution in [0, 0.1) is 5.82 Å². The van der Waals surface area contributed by atoms with E-state index in [-0.39, 0.29) is 17.6 Å². The zero-order valence-corrected chi connectivity index (χ0v) is 9.21. The van der Waals surface area contributed by atoms with Crippen molar-refractivity contribution in [2.75, 3.05) is 6.54 Å². The fourth-order valence-corrected chi connectivity index (χ4v) is 2.10. The van der Waals surface area contributed by atoms with E-state index in [1.807, 2.05) is 0 Å². The van der Waals surface area contributed by atoms with Gasteiger partial charge in [-0.05, 0) is 37.1 Å². The Labute approximate surface area is 94.9 Å². The van der Waals surface area contributed by atoms with E-state index in [0.29, 0.717) is 6.42 Å². The number of piperidine rings is 1. The first-order chi connectivity index (χ1) is 7.75. The number of hydrogen-bond donors (Lipinski definition) is 1. The Morgan fingerprint density at radius 1 is 1.44 bits per heavy atom. The molecule has 0 spiro atoms. The Morgan fingerprint density at radius 2 is 2.31 bits per heavy atom. The molecular formula is C13H16FNO. The monoisotopic (exact) mass is 221 g/mol. The lowest BCUT2D eigenvalue weighted by atomic mass is 9.97. The van der Waals surface area contributed by atoms with Crippen LogP contribution in [-0.2, 0) is 11.2 Å². The van der Waals surface area contributed by atoms with Crippen molar-refractivity contribution in [1.29, 1.82) is 0 Å². The lowest BCUT2D eigenvalue weighted by Gasteiger charge is -2.22. The minimum absolute atomic E-state index is 0.0305. The summed E-state index contributed by atoms with van der Waals surface area (Å²) in [5.74, 6) is -0.104. The molecule has 0 saturated carbocycles. The van der Waals surface area contributed by atoms with E-state index in [2.05, 4.69) is 5.32 Å². The maximum atomic E-state index is 12.9. The third kappa shape index (κ3) is 2.89.